The highest BCUT2D eigenvalue weighted by Crippen LogP contribution is 2.33. The first-order chi connectivity index (χ1) is 13.8. The van der Waals surface area contributed by atoms with Crippen LogP contribution in [0.5, 0.6) is 0 Å². The van der Waals surface area contributed by atoms with E-state index < -0.39 is 0 Å². The fourth-order valence-corrected chi connectivity index (χ4v) is 4.24. The maximum Gasteiger partial charge on any atom is 0.231 e. The van der Waals surface area contributed by atoms with Gasteiger partial charge in [0, 0.05) is 55.3 Å². The van der Waals surface area contributed by atoms with Gasteiger partial charge in [0.2, 0.25) is 5.95 Å². The number of anilines is 4. The van der Waals surface area contributed by atoms with E-state index in [1.807, 2.05) is 30.5 Å². The summed E-state index contributed by atoms with van der Waals surface area (Å²) in [5, 5.41) is 0.784. The molecule has 2 aliphatic heterocycles. The maximum atomic E-state index is 6.15. The number of rotatable bonds is 3. The van der Waals surface area contributed by atoms with Crippen molar-refractivity contribution in [3.8, 4) is 0 Å². The molecule has 0 radical (unpaired) electrons. The average molecular weight is 392 g/mol. The topological polar surface area (TPSA) is 35.5 Å². The lowest BCUT2D eigenvalue weighted by atomic mass is 10.2. The van der Waals surface area contributed by atoms with Crippen molar-refractivity contribution in [2.24, 2.45) is 0 Å². The molecule has 0 bridgehead atoms. The molecule has 1 saturated heterocycles. The minimum absolute atomic E-state index is 0.784. The molecule has 6 heteroatoms. The van der Waals surface area contributed by atoms with Gasteiger partial charge >= 0.3 is 0 Å². The van der Waals surface area contributed by atoms with E-state index in [1.54, 1.807) is 0 Å². The Hall–Kier alpha value is -2.79. The van der Waals surface area contributed by atoms with Crippen LogP contribution in [0.3, 0.4) is 0 Å². The number of fused-ring (bicyclic) bond motifs is 1. The van der Waals surface area contributed by atoms with Crippen molar-refractivity contribution < 1.29 is 0 Å². The standard InChI is InChI=1S/C22H22ClN5/c23-18-5-3-6-19(16-18)26-12-14-27(15-13-26)21-8-10-24-22(25-21)28-11-9-17-4-1-2-7-20(17)28/h1-8,10,16H,9,11-15H2. The van der Waals surface area contributed by atoms with Crippen LogP contribution in [0.4, 0.5) is 23.1 Å². The van der Waals surface area contributed by atoms with Gasteiger partial charge in [-0.3, -0.25) is 0 Å². The minimum atomic E-state index is 0.784. The van der Waals surface area contributed by atoms with Crippen molar-refractivity contribution in [3.63, 3.8) is 0 Å². The van der Waals surface area contributed by atoms with Gasteiger partial charge in [0.05, 0.1) is 0 Å². The molecule has 5 rings (SSSR count). The molecule has 0 aliphatic carbocycles. The van der Waals surface area contributed by atoms with Crippen molar-refractivity contribution in [1.82, 2.24) is 9.97 Å². The van der Waals surface area contributed by atoms with Gasteiger partial charge in [-0.1, -0.05) is 35.9 Å². The summed E-state index contributed by atoms with van der Waals surface area (Å²) in [6, 6.07) is 18.6. The summed E-state index contributed by atoms with van der Waals surface area (Å²) in [6.45, 7) is 4.70. The highest BCUT2D eigenvalue weighted by Gasteiger charge is 2.24. The number of hydrogen-bond acceptors (Lipinski definition) is 5. The van der Waals surface area contributed by atoms with Gasteiger partial charge in [-0.15, -0.1) is 0 Å². The highest BCUT2D eigenvalue weighted by atomic mass is 35.5. The van der Waals surface area contributed by atoms with E-state index in [-0.39, 0.29) is 0 Å². The fourth-order valence-electron chi connectivity index (χ4n) is 4.06. The molecule has 142 valence electrons. The summed E-state index contributed by atoms with van der Waals surface area (Å²) in [7, 11) is 0. The molecule has 28 heavy (non-hydrogen) atoms. The number of hydrogen-bond donors (Lipinski definition) is 0. The van der Waals surface area contributed by atoms with E-state index in [0.717, 1.165) is 55.9 Å². The Bertz CT molecular complexity index is 984. The fraction of sp³-hybridized carbons (Fsp3) is 0.273. The predicted octanol–water partition coefficient (Wildman–Crippen LogP) is 4.15. The molecule has 2 aromatic carbocycles. The van der Waals surface area contributed by atoms with E-state index in [0.29, 0.717) is 0 Å². The Morgan fingerprint density at radius 2 is 1.64 bits per heavy atom. The second-order valence-corrected chi connectivity index (χ2v) is 7.64. The van der Waals surface area contributed by atoms with Crippen molar-refractivity contribution in [1.29, 1.82) is 0 Å². The van der Waals surface area contributed by atoms with Crippen LogP contribution in [0.25, 0.3) is 0 Å². The van der Waals surface area contributed by atoms with E-state index >= 15 is 0 Å². The van der Waals surface area contributed by atoms with Gasteiger partial charge < -0.3 is 14.7 Å². The first-order valence-electron chi connectivity index (χ1n) is 9.72. The molecule has 0 N–H and O–H groups in total. The smallest absolute Gasteiger partial charge is 0.231 e. The van der Waals surface area contributed by atoms with Crippen LogP contribution < -0.4 is 14.7 Å². The monoisotopic (exact) mass is 391 g/mol. The molecule has 5 nitrogen and oxygen atoms in total. The third-order valence-electron chi connectivity index (χ3n) is 5.53. The molecule has 1 fully saturated rings. The Kier molecular flexibility index (Phi) is 4.53. The van der Waals surface area contributed by atoms with Crippen LogP contribution in [0.1, 0.15) is 5.56 Å². The van der Waals surface area contributed by atoms with Crippen LogP contribution in [-0.2, 0) is 6.42 Å². The normalized spacial score (nSPS) is 16.4. The molecule has 3 aromatic rings. The van der Waals surface area contributed by atoms with Crippen molar-refractivity contribution in [2.45, 2.75) is 6.42 Å². The van der Waals surface area contributed by atoms with Crippen molar-refractivity contribution >= 4 is 34.7 Å². The van der Waals surface area contributed by atoms with E-state index in [1.165, 1.54) is 16.9 Å². The largest absolute Gasteiger partial charge is 0.368 e. The first-order valence-corrected chi connectivity index (χ1v) is 10.1. The zero-order valence-electron chi connectivity index (χ0n) is 15.6. The Morgan fingerprint density at radius 1 is 0.821 bits per heavy atom. The molecular formula is C22H22ClN5. The predicted molar refractivity (Wildman–Crippen MR) is 115 cm³/mol. The third-order valence-corrected chi connectivity index (χ3v) is 5.77. The van der Waals surface area contributed by atoms with Gasteiger partial charge in [0.15, 0.2) is 0 Å². The number of aromatic nitrogens is 2. The number of halogens is 1. The second-order valence-electron chi connectivity index (χ2n) is 7.20. The van der Waals surface area contributed by atoms with Gasteiger partial charge in [-0.05, 0) is 42.3 Å². The van der Waals surface area contributed by atoms with Crippen LogP contribution in [0.15, 0.2) is 60.8 Å². The molecular weight excluding hydrogens is 370 g/mol. The number of para-hydroxylation sites is 1. The second kappa shape index (κ2) is 7.32. The van der Waals surface area contributed by atoms with E-state index in [4.69, 9.17) is 16.6 Å². The molecule has 0 spiro atoms. The minimum Gasteiger partial charge on any atom is -0.368 e. The van der Waals surface area contributed by atoms with Crippen LogP contribution in [0.2, 0.25) is 5.02 Å². The van der Waals surface area contributed by atoms with Gasteiger partial charge in [0.1, 0.15) is 5.82 Å². The summed E-state index contributed by atoms with van der Waals surface area (Å²) in [6.07, 6.45) is 2.92. The van der Waals surface area contributed by atoms with Crippen LogP contribution in [-0.4, -0.2) is 42.7 Å². The van der Waals surface area contributed by atoms with Gasteiger partial charge in [0.25, 0.3) is 0 Å². The Balaban J connectivity index is 1.31. The maximum absolute atomic E-state index is 6.15. The van der Waals surface area contributed by atoms with E-state index in [2.05, 4.69) is 50.0 Å². The Morgan fingerprint density at radius 3 is 2.50 bits per heavy atom. The molecule has 2 aliphatic rings. The molecule has 0 amide bonds. The van der Waals surface area contributed by atoms with E-state index in [9.17, 15) is 0 Å². The summed E-state index contributed by atoms with van der Waals surface area (Å²) < 4.78 is 0. The molecule has 0 atom stereocenters. The zero-order valence-corrected chi connectivity index (χ0v) is 16.4. The van der Waals surface area contributed by atoms with Crippen LogP contribution >= 0.6 is 11.6 Å². The SMILES string of the molecule is Clc1cccc(N2CCN(c3ccnc(N4CCc5ccccc54)n3)CC2)c1. The summed E-state index contributed by atoms with van der Waals surface area (Å²) >= 11 is 6.15. The highest BCUT2D eigenvalue weighted by molar-refractivity contribution is 6.30. The lowest BCUT2D eigenvalue weighted by Crippen LogP contribution is -2.46. The lowest BCUT2D eigenvalue weighted by Gasteiger charge is -2.37. The third kappa shape index (κ3) is 3.27. The quantitative estimate of drug-likeness (QED) is 0.670. The number of nitrogens with zero attached hydrogens (tertiary/aromatic N) is 5. The van der Waals surface area contributed by atoms with Crippen LogP contribution in [0, 0.1) is 0 Å². The lowest BCUT2D eigenvalue weighted by molar-refractivity contribution is 0.646. The molecule has 0 unspecified atom stereocenters. The number of piperazine rings is 1. The average Bonchev–Trinajstić information content (AvgIpc) is 3.18. The molecule has 3 heterocycles. The van der Waals surface area contributed by atoms with Gasteiger partial charge in [-0.2, -0.15) is 4.98 Å². The number of benzene rings is 2. The van der Waals surface area contributed by atoms with Crippen molar-refractivity contribution in [3.05, 3.63) is 71.4 Å². The Labute approximate surface area is 170 Å². The first kappa shape index (κ1) is 17.3. The van der Waals surface area contributed by atoms with Crippen molar-refractivity contribution in [2.75, 3.05) is 47.4 Å². The molecule has 1 aromatic heterocycles. The summed E-state index contributed by atoms with van der Waals surface area (Å²) in [5.41, 5.74) is 3.78. The summed E-state index contributed by atoms with van der Waals surface area (Å²) in [4.78, 5) is 16.4. The summed E-state index contributed by atoms with van der Waals surface area (Å²) in [5.74, 6) is 1.79. The zero-order chi connectivity index (χ0) is 18.9. The molecule has 0 saturated carbocycles. The van der Waals surface area contributed by atoms with Gasteiger partial charge in [-0.25, -0.2) is 4.98 Å².